The van der Waals surface area contributed by atoms with Crippen molar-refractivity contribution in [2.24, 2.45) is 0 Å². The maximum Gasteiger partial charge on any atom is 0.145 e. The normalized spacial score (nSPS) is 11.5. The highest BCUT2D eigenvalue weighted by molar-refractivity contribution is 7.25. The maximum absolute atomic E-state index is 6.69. The van der Waals surface area contributed by atoms with Gasteiger partial charge in [-0.25, -0.2) is 0 Å². The van der Waals surface area contributed by atoms with Crippen LogP contribution in [0.1, 0.15) is 0 Å². The van der Waals surface area contributed by atoms with E-state index in [1.807, 2.05) is 17.4 Å². The quantitative estimate of drug-likeness (QED) is 0.175. The molecule has 51 heavy (non-hydrogen) atoms. The van der Waals surface area contributed by atoms with Crippen molar-refractivity contribution in [3.05, 3.63) is 188 Å². The van der Waals surface area contributed by atoms with Crippen LogP contribution in [-0.4, -0.2) is 0 Å². The number of rotatable bonds is 6. The van der Waals surface area contributed by atoms with Crippen LogP contribution in [0.2, 0.25) is 0 Å². The third-order valence-electron chi connectivity index (χ3n) is 9.90. The molecule has 8 aromatic carbocycles. The first kappa shape index (κ1) is 29.5. The minimum atomic E-state index is 0.878. The summed E-state index contributed by atoms with van der Waals surface area (Å²) in [7, 11) is 0. The van der Waals surface area contributed by atoms with Crippen molar-refractivity contribution in [1.29, 1.82) is 0 Å². The van der Waals surface area contributed by atoms with Gasteiger partial charge in [0.15, 0.2) is 0 Å². The van der Waals surface area contributed by atoms with Crippen LogP contribution in [0.3, 0.4) is 0 Å². The van der Waals surface area contributed by atoms with Gasteiger partial charge in [-0.1, -0.05) is 133 Å². The standard InChI is InChI=1S/C48H31NOS/c1-3-11-32(12-4-1)33-19-24-37(25-20-33)49(38-26-21-34(22-27-38)36-23-28-41-40-15-8-10-18-45(40)51-46(41)31-36)43-30-29-39(35-13-5-2-6-14-35)48-47(43)42-16-7-9-17-44(42)50-48/h1-31H. The van der Waals surface area contributed by atoms with Crippen molar-refractivity contribution in [2.45, 2.75) is 0 Å². The van der Waals surface area contributed by atoms with Gasteiger partial charge in [-0.05, 0) is 82.4 Å². The van der Waals surface area contributed by atoms with E-state index in [9.17, 15) is 0 Å². The molecule has 2 nitrogen and oxygen atoms in total. The van der Waals surface area contributed by atoms with E-state index in [4.69, 9.17) is 4.42 Å². The van der Waals surface area contributed by atoms with Gasteiger partial charge in [0.05, 0.1) is 11.1 Å². The summed E-state index contributed by atoms with van der Waals surface area (Å²) in [4.78, 5) is 2.37. The molecular formula is C48H31NOS. The second-order valence-corrected chi connectivity index (χ2v) is 14.0. The molecule has 10 aromatic rings. The van der Waals surface area contributed by atoms with Gasteiger partial charge in [-0.15, -0.1) is 11.3 Å². The minimum Gasteiger partial charge on any atom is -0.455 e. The largest absolute Gasteiger partial charge is 0.455 e. The highest BCUT2D eigenvalue weighted by Gasteiger charge is 2.22. The molecular weight excluding hydrogens is 639 g/mol. The topological polar surface area (TPSA) is 16.4 Å². The fraction of sp³-hybridized carbons (Fsp3) is 0. The molecule has 0 aliphatic carbocycles. The molecule has 2 aromatic heterocycles. The summed E-state index contributed by atoms with van der Waals surface area (Å²) in [6.07, 6.45) is 0. The van der Waals surface area contributed by atoms with Crippen LogP contribution < -0.4 is 4.90 Å². The molecule has 240 valence electrons. The van der Waals surface area contributed by atoms with E-state index < -0.39 is 0 Å². The first-order valence-corrected chi connectivity index (χ1v) is 18.1. The van der Waals surface area contributed by atoms with Crippen LogP contribution >= 0.6 is 11.3 Å². The highest BCUT2D eigenvalue weighted by atomic mass is 32.1. The lowest BCUT2D eigenvalue weighted by Gasteiger charge is -2.27. The number of hydrogen-bond donors (Lipinski definition) is 0. The zero-order chi connectivity index (χ0) is 33.7. The lowest BCUT2D eigenvalue weighted by atomic mass is 9.99. The summed E-state index contributed by atoms with van der Waals surface area (Å²) in [5.74, 6) is 0. The Labute approximate surface area is 300 Å². The second-order valence-electron chi connectivity index (χ2n) is 12.9. The SMILES string of the molecule is c1ccc(-c2ccc(N(c3ccc(-c4ccc5c(c4)sc4ccccc45)cc3)c3ccc(-c4ccccc4)c4oc5ccccc5c34)cc2)cc1. The molecule has 0 bridgehead atoms. The molecule has 3 heteroatoms. The van der Waals surface area contributed by atoms with Crippen molar-refractivity contribution in [3.63, 3.8) is 0 Å². The summed E-state index contributed by atoms with van der Waals surface area (Å²) in [5, 5.41) is 4.83. The molecule has 2 heterocycles. The number of para-hydroxylation sites is 1. The van der Waals surface area contributed by atoms with Gasteiger partial charge in [0.25, 0.3) is 0 Å². The van der Waals surface area contributed by atoms with Crippen molar-refractivity contribution in [1.82, 2.24) is 0 Å². The van der Waals surface area contributed by atoms with Crippen molar-refractivity contribution < 1.29 is 4.42 Å². The molecule has 0 aliphatic heterocycles. The lowest BCUT2D eigenvalue weighted by molar-refractivity contribution is 0.670. The zero-order valence-corrected chi connectivity index (χ0v) is 28.5. The zero-order valence-electron chi connectivity index (χ0n) is 27.7. The summed E-state index contributed by atoms with van der Waals surface area (Å²) in [5.41, 5.74) is 12.0. The Balaban J connectivity index is 1.14. The van der Waals surface area contributed by atoms with Gasteiger partial charge in [-0.3, -0.25) is 0 Å². The molecule has 0 aliphatic rings. The van der Waals surface area contributed by atoms with Crippen LogP contribution in [0, 0.1) is 0 Å². The predicted molar refractivity (Wildman–Crippen MR) is 218 cm³/mol. The van der Waals surface area contributed by atoms with Crippen LogP contribution in [0.15, 0.2) is 192 Å². The summed E-state index contributed by atoms with van der Waals surface area (Å²) in [6.45, 7) is 0. The van der Waals surface area contributed by atoms with E-state index in [1.54, 1.807) is 0 Å². The van der Waals surface area contributed by atoms with Crippen LogP contribution in [-0.2, 0) is 0 Å². The van der Waals surface area contributed by atoms with E-state index in [1.165, 1.54) is 42.4 Å². The van der Waals surface area contributed by atoms with Gasteiger partial charge in [0, 0.05) is 42.5 Å². The van der Waals surface area contributed by atoms with Crippen molar-refractivity contribution in [2.75, 3.05) is 4.90 Å². The Morgan fingerprint density at radius 1 is 0.392 bits per heavy atom. The van der Waals surface area contributed by atoms with Gasteiger partial charge < -0.3 is 9.32 Å². The maximum atomic E-state index is 6.69. The monoisotopic (exact) mass is 669 g/mol. The third kappa shape index (κ3) is 5.10. The van der Waals surface area contributed by atoms with E-state index in [-0.39, 0.29) is 0 Å². The number of fused-ring (bicyclic) bond motifs is 6. The van der Waals surface area contributed by atoms with Gasteiger partial charge in [0.1, 0.15) is 11.2 Å². The smallest absolute Gasteiger partial charge is 0.145 e. The average molecular weight is 670 g/mol. The van der Waals surface area contributed by atoms with Crippen molar-refractivity contribution in [3.8, 4) is 33.4 Å². The number of furan rings is 1. The summed E-state index contributed by atoms with van der Waals surface area (Å²) < 4.78 is 9.32. The molecule has 0 N–H and O–H groups in total. The van der Waals surface area contributed by atoms with Gasteiger partial charge in [-0.2, -0.15) is 0 Å². The first-order valence-electron chi connectivity index (χ1n) is 17.3. The highest BCUT2D eigenvalue weighted by Crippen LogP contribution is 2.46. The average Bonchev–Trinajstić information content (AvgIpc) is 3.78. The van der Waals surface area contributed by atoms with Crippen LogP contribution in [0.5, 0.6) is 0 Å². The molecule has 0 radical (unpaired) electrons. The second kappa shape index (κ2) is 12.2. The minimum absolute atomic E-state index is 0.878. The predicted octanol–water partition coefficient (Wildman–Crippen LogP) is 14.4. The number of hydrogen-bond acceptors (Lipinski definition) is 3. The van der Waals surface area contributed by atoms with E-state index in [2.05, 4.69) is 187 Å². The molecule has 0 unspecified atom stereocenters. The molecule has 0 saturated carbocycles. The Morgan fingerprint density at radius 3 is 1.67 bits per heavy atom. The fourth-order valence-electron chi connectivity index (χ4n) is 7.41. The summed E-state index contributed by atoms with van der Waals surface area (Å²) >= 11 is 1.86. The molecule has 0 atom stereocenters. The first-order chi connectivity index (χ1) is 25.3. The molecule has 0 amide bonds. The molecule has 0 spiro atoms. The Hall–Kier alpha value is -6.42. The molecule has 10 rings (SSSR count). The van der Waals surface area contributed by atoms with Crippen LogP contribution in [0.4, 0.5) is 17.1 Å². The number of thiophene rings is 1. The number of anilines is 3. The third-order valence-corrected chi connectivity index (χ3v) is 11.0. The van der Waals surface area contributed by atoms with E-state index >= 15 is 0 Å². The lowest BCUT2D eigenvalue weighted by Crippen LogP contribution is -2.10. The van der Waals surface area contributed by atoms with Crippen LogP contribution in [0.25, 0.3) is 75.5 Å². The Kier molecular flexibility index (Phi) is 7.04. The van der Waals surface area contributed by atoms with E-state index in [0.717, 1.165) is 50.1 Å². The Bertz CT molecular complexity index is 2830. The molecule has 0 saturated heterocycles. The fourth-order valence-corrected chi connectivity index (χ4v) is 8.56. The summed E-state index contributed by atoms with van der Waals surface area (Å²) in [6, 6.07) is 67.3. The molecule has 0 fully saturated rings. The van der Waals surface area contributed by atoms with E-state index in [0.29, 0.717) is 0 Å². The number of benzene rings is 8. The Morgan fingerprint density at radius 2 is 0.941 bits per heavy atom. The number of nitrogens with zero attached hydrogens (tertiary/aromatic N) is 1. The van der Waals surface area contributed by atoms with Crippen molar-refractivity contribution >= 4 is 70.5 Å². The van der Waals surface area contributed by atoms with Gasteiger partial charge in [0.2, 0.25) is 0 Å². The van der Waals surface area contributed by atoms with Gasteiger partial charge >= 0.3 is 0 Å².